The summed E-state index contributed by atoms with van der Waals surface area (Å²) in [5, 5.41) is 19.1. The molecule has 0 aromatic carbocycles. The van der Waals surface area contributed by atoms with Crippen molar-refractivity contribution in [2.24, 2.45) is 0 Å². The van der Waals surface area contributed by atoms with Gasteiger partial charge >= 0.3 is 11.9 Å². The Morgan fingerprint density at radius 1 is 1.33 bits per heavy atom. The van der Waals surface area contributed by atoms with E-state index in [4.69, 9.17) is 10.2 Å². The van der Waals surface area contributed by atoms with Crippen LogP contribution in [0.3, 0.4) is 0 Å². The van der Waals surface area contributed by atoms with Crippen LogP contribution >= 0.6 is 0 Å². The predicted molar refractivity (Wildman–Crippen MR) is 51.3 cm³/mol. The highest BCUT2D eigenvalue weighted by Crippen LogP contribution is 1.98. The summed E-state index contributed by atoms with van der Waals surface area (Å²) < 4.78 is 0. The summed E-state index contributed by atoms with van der Waals surface area (Å²) in [7, 11) is 0. The number of hydrogen-bond acceptors (Lipinski definition) is 3. The Morgan fingerprint density at radius 2 is 1.87 bits per heavy atom. The van der Waals surface area contributed by atoms with Crippen LogP contribution in [-0.2, 0) is 14.4 Å². The molecule has 1 atom stereocenters. The number of hydrogen-bond donors (Lipinski definition) is 3. The van der Waals surface area contributed by atoms with Crippen LogP contribution < -0.4 is 5.32 Å². The number of amides is 1. The molecule has 0 aromatic rings. The second-order valence-electron chi connectivity index (χ2n) is 3.19. The molecule has 0 spiro atoms. The molecule has 3 N–H and O–H groups in total. The van der Waals surface area contributed by atoms with Gasteiger partial charge in [0.2, 0.25) is 5.91 Å². The van der Waals surface area contributed by atoms with Crippen LogP contribution in [0, 0.1) is 0 Å². The van der Waals surface area contributed by atoms with Gasteiger partial charge < -0.3 is 15.5 Å². The number of carboxylic acids is 2. The Morgan fingerprint density at radius 3 is 2.20 bits per heavy atom. The van der Waals surface area contributed by atoms with E-state index < -0.39 is 30.3 Å². The molecule has 0 aromatic heterocycles. The monoisotopic (exact) mass is 215 g/mol. The van der Waals surface area contributed by atoms with Crippen molar-refractivity contribution in [2.45, 2.75) is 25.8 Å². The van der Waals surface area contributed by atoms with Crippen LogP contribution in [-0.4, -0.2) is 34.1 Å². The van der Waals surface area contributed by atoms with Crippen molar-refractivity contribution in [2.75, 3.05) is 0 Å². The Labute approximate surface area is 86.6 Å². The van der Waals surface area contributed by atoms with Crippen molar-refractivity contribution < 1.29 is 24.6 Å². The van der Waals surface area contributed by atoms with Gasteiger partial charge in [-0.25, -0.2) is 4.79 Å². The molecule has 0 radical (unpaired) electrons. The first kappa shape index (κ1) is 13.2. The van der Waals surface area contributed by atoms with Crippen molar-refractivity contribution in [3.8, 4) is 0 Å². The van der Waals surface area contributed by atoms with Gasteiger partial charge in [0.25, 0.3) is 0 Å². The molecule has 0 aliphatic carbocycles. The first-order chi connectivity index (χ1) is 6.82. The highest BCUT2D eigenvalue weighted by atomic mass is 16.4. The van der Waals surface area contributed by atoms with Crippen LogP contribution in [0.4, 0.5) is 0 Å². The van der Waals surface area contributed by atoms with E-state index in [1.807, 2.05) is 0 Å². The van der Waals surface area contributed by atoms with E-state index in [1.165, 1.54) is 0 Å². The van der Waals surface area contributed by atoms with E-state index in [1.54, 1.807) is 6.92 Å². The zero-order valence-electron chi connectivity index (χ0n) is 8.32. The molecule has 0 fully saturated rings. The standard InChI is InChI=1S/C9H13NO5/c1-5(2)3-7(11)10-6(9(14)15)4-8(12)13/h6H,1,3-4H2,2H3,(H,10,11)(H,12,13)(H,14,15)/t6-/m0/s1. The molecule has 0 saturated heterocycles. The lowest BCUT2D eigenvalue weighted by Crippen LogP contribution is -2.42. The topological polar surface area (TPSA) is 104 Å². The number of nitrogens with one attached hydrogen (secondary N) is 1. The van der Waals surface area contributed by atoms with Crippen molar-refractivity contribution in [1.29, 1.82) is 0 Å². The Kier molecular flexibility index (Phi) is 5.08. The minimum atomic E-state index is -1.39. The SMILES string of the molecule is C=C(C)CC(=O)N[C@@H](CC(=O)O)C(=O)O. The average Bonchev–Trinajstić information content (AvgIpc) is 1.99. The van der Waals surface area contributed by atoms with Crippen molar-refractivity contribution in [1.82, 2.24) is 5.32 Å². The van der Waals surface area contributed by atoms with Crippen LogP contribution in [0.15, 0.2) is 12.2 Å². The van der Waals surface area contributed by atoms with E-state index in [-0.39, 0.29) is 6.42 Å². The summed E-state index contributed by atoms with van der Waals surface area (Å²) >= 11 is 0. The Hall–Kier alpha value is -1.85. The summed E-state index contributed by atoms with van der Waals surface area (Å²) in [4.78, 5) is 32.0. The zero-order valence-corrected chi connectivity index (χ0v) is 8.32. The quantitative estimate of drug-likeness (QED) is 0.541. The summed E-state index contributed by atoms with van der Waals surface area (Å²) in [6, 6.07) is -1.39. The maximum absolute atomic E-state index is 11.1. The fourth-order valence-electron chi connectivity index (χ4n) is 0.894. The second kappa shape index (κ2) is 5.79. The molecule has 6 nitrogen and oxygen atoms in total. The van der Waals surface area contributed by atoms with Gasteiger partial charge in [0.15, 0.2) is 0 Å². The normalized spacial score (nSPS) is 11.5. The number of rotatable bonds is 6. The maximum atomic E-state index is 11.1. The molecular weight excluding hydrogens is 202 g/mol. The first-order valence-corrected chi connectivity index (χ1v) is 4.21. The largest absolute Gasteiger partial charge is 0.481 e. The summed E-state index contributed by atoms with van der Waals surface area (Å²) in [6.45, 7) is 5.10. The fourth-order valence-corrected chi connectivity index (χ4v) is 0.894. The number of carbonyl (C=O) groups is 3. The number of aliphatic carboxylic acids is 2. The molecule has 0 aliphatic rings. The molecule has 0 unspecified atom stereocenters. The zero-order chi connectivity index (χ0) is 12.0. The fraction of sp³-hybridized carbons (Fsp3) is 0.444. The van der Waals surface area contributed by atoms with Crippen LogP contribution in [0.1, 0.15) is 19.8 Å². The van der Waals surface area contributed by atoms with Gasteiger partial charge in [0.1, 0.15) is 6.04 Å². The van der Waals surface area contributed by atoms with Gasteiger partial charge in [-0.1, -0.05) is 12.2 Å². The summed E-state index contributed by atoms with van der Waals surface area (Å²) in [5.74, 6) is -3.19. The van der Waals surface area contributed by atoms with Crippen molar-refractivity contribution in [3.63, 3.8) is 0 Å². The van der Waals surface area contributed by atoms with Gasteiger partial charge in [-0.15, -0.1) is 0 Å². The lowest BCUT2D eigenvalue weighted by atomic mass is 10.2. The summed E-state index contributed by atoms with van der Waals surface area (Å²) in [6.07, 6.45) is -0.652. The van der Waals surface area contributed by atoms with Gasteiger partial charge in [-0.3, -0.25) is 9.59 Å². The maximum Gasteiger partial charge on any atom is 0.326 e. The number of carboxylic acid groups (broad SMARTS) is 2. The average molecular weight is 215 g/mol. The highest BCUT2D eigenvalue weighted by Gasteiger charge is 2.22. The Balaban J connectivity index is 4.28. The highest BCUT2D eigenvalue weighted by molar-refractivity contribution is 5.87. The van der Waals surface area contributed by atoms with Crippen LogP contribution in [0.5, 0.6) is 0 Å². The molecule has 0 saturated carbocycles. The van der Waals surface area contributed by atoms with E-state index in [2.05, 4.69) is 11.9 Å². The van der Waals surface area contributed by atoms with Crippen LogP contribution in [0.2, 0.25) is 0 Å². The molecule has 15 heavy (non-hydrogen) atoms. The van der Waals surface area contributed by atoms with Crippen molar-refractivity contribution in [3.05, 3.63) is 12.2 Å². The molecule has 84 valence electrons. The minimum Gasteiger partial charge on any atom is -0.481 e. The molecule has 0 aliphatic heterocycles. The van der Waals surface area contributed by atoms with Gasteiger partial charge in [0.05, 0.1) is 6.42 Å². The molecule has 1 amide bonds. The van der Waals surface area contributed by atoms with Gasteiger partial charge in [0, 0.05) is 6.42 Å². The van der Waals surface area contributed by atoms with Crippen molar-refractivity contribution >= 4 is 17.8 Å². The lowest BCUT2D eigenvalue weighted by Gasteiger charge is -2.11. The summed E-state index contributed by atoms with van der Waals surface area (Å²) in [5.41, 5.74) is 0.576. The van der Waals surface area contributed by atoms with E-state index >= 15 is 0 Å². The van der Waals surface area contributed by atoms with E-state index in [0.717, 1.165) is 0 Å². The predicted octanol–water partition coefficient (Wildman–Crippen LogP) is -0.00330. The van der Waals surface area contributed by atoms with Crippen LogP contribution in [0.25, 0.3) is 0 Å². The molecule has 0 heterocycles. The van der Waals surface area contributed by atoms with Gasteiger partial charge in [-0.2, -0.15) is 0 Å². The first-order valence-electron chi connectivity index (χ1n) is 4.21. The minimum absolute atomic E-state index is 0.0105. The smallest absolute Gasteiger partial charge is 0.326 e. The van der Waals surface area contributed by atoms with Gasteiger partial charge in [-0.05, 0) is 6.92 Å². The Bertz CT molecular complexity index is 297. The third-order valence-electron chi connectivity index (χ3n) is 1.47. The second-order valence-corrected chi connectivity index (χ2v) is 3.19. The molecule has 0 rings (SSSR count). The lowest BCUT2D eigenvalue weighted by molar-refractivity contribution is -0.147. The number of carbonyl (C=O) groups excluding carboxylic acids is 1. The van der Waals surface area contributed by atoms with E-state index in [9.17, 15) is 14.4 Å². The molecule has 6 heteroatoms. The third-order valence-corrected chi connectivity index (χ3v) is 1.47. The van der Waals surface area contributed by atoms with E-state index in [0.29, 0.717) is 5.57 Å². The molecule has 0 bridgehead atoms. The third kappa shape index (κ3) is 6.25. The molecular formula is C9H13NO5.